The number of nitrogens with two attached hydrogens (primary N) is 1. The zero-order valence-corrected chi connectivity index (χ0v) is 35.4. The summed E-state index contributed by atoms with van der Waals surface area (Å²) in [6.45, 7) is 2.33. The highest BCUT2D eigenvalue weighted by atomic mass is 31.2. The fourth-order valence-corrected chi connectivity index (χ4v) is 6.23. The van der Waals surface area contributed by atoms with Crippen molar-refractivity contribution in [2.75, 3.05) is 19.8 Å². The number of phosphoric acid groups is 1. The number of rotatable bonds is 38. The lowest BCUT2D eigenvalue weighted by Gasteiger charge is -2.20. The van der Waals surface area contributed by atoms with Gasteiger partial charge in [-0.05, 0) is 25.7 Å². The van der Waals surface area contributed by atoms with Gasteiger partial charge in [0.25, 0.3) is 0 Å². The molecule has 1 unspecified atom stereocenters. The molecule has 0 heterocycles. The van der Waals surface area contributed by atoms with Crippen LogP contribution in [-0.4, -0.2) is 93.5 Å². The van der Waals surface area contributed by atoms with Crippen LogP contribution in [0.25, 0.3) is 0 Å². The summed E-state index contributed by atoms with van der Waals surface area (Å²) in [7, 11) is -4.81. The Balaban J connectivity index is 4.74. The van der Waals surface area contributed by atoms with Crippen molar-refractivity contribution < 1.29 is 62.8 Å². The third-order valence-corrected chi connectivity index (χ3v) is 9.90. The molecule has 0 saturated carbocycles. The van der Waals surface area contributed by atoms with Crippen molar-refractivity contribution in [3.63, 3.8) is 0 Å². The Morgan fingerprint density at radius 1 is 0.614 bits per heavy atom. The first-order chi connectivity index (χ1) is 27.3. The third-order valence-electron chi connectivity index (χ3n) is 8.95. The molecule has 6 atom stereocenters. The summed E-state index contributed by atoms with van der Waals surface area (Å²) >= 11 is 0. The Morgan fingerprint density at radius 3 is 1.68 bits per heavy atom. The maximum absolute atomic E-state index is 12.6. The molecule has 0 rings (SSSR count). The van der Waals surface area contributed by atoms with Gasteiger partial charge < -0.3 is 40.5 Å². The summed E-state index contributed by atoms with van der Waals surface area (Å²) < 4.78 is 32.4. The molecule has 330 valence electrons. The van der Waals surface area contributed by atoms with E-state index in [-0.39, 0.29) is 25.7 Å². The Hall–Kier alpha value is -2.68. The minimum atomic E-state index is -4.81. The van der Waals surface area contributed by atoms with Gasteiger partial charge >= 0.3 is 25.7 Å². The van der Waals surface area contributed by atoms with Gasteiger partial charge in [0.05, 0.1) is 31.5 Å². The van der Waals surface area contributed by atoms with Gasteiger partial charge in [-0.15, -0.1) is 0 Å². The number of aliphatic hydroxyl groups excluding tert-OH is 3. The second-order valence-corrected chi connectivity index (χ2v) is 15.8. The van der Waals surface area contributed by atoms with Crippen LogP contribution >= 0.6 is 7.82 Å². The van der Waals surface area contributed by atoms with Gasteiger partial charge in [0.15, 0.2) is 6.10 Å². The second kappa shape index (κ2) is 36.4. The number of carboxylic acids is 1. The van der Waals surface area contributed by atoms with E-state index in [9.17, 15) is 39.2 Å². The van der Waals surface area contributed by atoms with Crippen LogP contribution in [-0.2, 0) is 37.5 Å². The smallest absolute Gasteiger partial charge is 0.472 e. The first-order valence-corrected chi connectivity index (χ1v) is 22.5. The number of unbranched alkanes of at least 4 members (excludes halogenated alkanes) is 14. The Kier molecular flexibility index (Phi) is 34.7. The molecular weight excluding hydrogens is 757 g/mol. The molecule has 0 fully saturated rings. The topological polar surface area (TPSA) is 232 Å². The minimum absolute atomic E-state index is 0.0500. The molecular formula is C42H74NO13P. The van der Waals surface area contributed by atoms with Gasteiger partial charge in [-0.2, -0.15) is 0 Å². The monoisotopic (exact) mass is 831 g/mol. The van der Waals surface area contributed by atoms with E-state index in [1.807, 2.05) is 0 Å². The highest BCUT2D eigenvalue weighted by molar-refractivity contribution is 7.47. The van der Waals surface area contributed by atoms with Gasteiger partial charge in [0.2, 0.25) is 0 Å². The van der Waals surface area contributed by atoms with E-state index in [4.69, 9.17) is 24.8 Å². The number of carboxylic acid groups (broad SMARTS) is 1. The Labute approximate surface area is 341 Å². The van der Waals surface area contributed by atoms with E-state index in [0.29, 0.717) is 6.42 Å². The number of hydrogen-bond acceptors (Lipinski definition) is 12. The predicted octanol–water partition coefficient (Wildman–Crippen LogP) is 7.53. The molecule has 0 aliphatic carbocycles. The number of aliphatic hydroxyl groups is 3. The summed E-state index contributed by atoms with van der Waals surface area (Å²) in [5.74, 6) is -2.76. The van der Waals surface area contributed by atoms with Crippen LogP contribution in [0.4, 0.5) is 0 Å². The lowest BCUT2D eigenvalue weighted by atomic mass is 10.0. The Bertz CT molecular complexity index is 1210. The van der Waals surface area contributed by atoms with E-state index >= 15 is 0 Å². The summed E-state index contributed by atoms with van der Waals surface area (Å²) in [6.07, 6.45) is 28.3. The molecule has 15 heteroatoms. The molecule has 0 spiro atoms. The Morgan fingerprint density at radius 2 is 1.11 bits per heavy atom. The van der Waals surface area contributed by atoms with E-state index in [2.05, 4.69) is 18.4 Å². The molecule has 0 aliphatic rings. The van der Waals surface area contributed by atoms with Gasteiger partial charge in [-0.3, -0.25) is 23.4 Å². The molecule has 0 amide bonds. The molecule has 0 radical (unpaired) electrons. The average Bonchev–Trinajstić information content (AvgIpc) is 3.17. The van der Waals surface area contributed by atoms with E-state index in [1.165, 1.54) is 63.9 Å². The van der Waals surface area contributed by atoms with Gasteiger partial charge in [-0.25, -0.2) is 4.57 Å². The third kappa shape index (κ3) is 35.0. The SMILES string of the molecule is CCCCCCCCCCCCCCCC(=O)OC[C@H](COP(=O)(O)OC[C@H](N)C(=O)O)OC(=O)CCC[C@H](O)[C@@H](O)/C=C/C=C/C=C\C=C\[C@@H](O)CCCCC. The van der Waals surface area contributed by atoms with Crippen LogP contribution in [0.1, 0.15) is 149 Å². The van der Waals surface area contributed by atoms with E-state index < -0.39 is 76.0 Å². The number of carbonyl (C=O) groups is 3. The van der Waals surface area contributed by atoms with Crippen molar-refractivity contribution in [1.29, 1.82) is 0 Å². The van der Waals surface area contributed by atoms with Crippen LogP contribution in [0.2, 0.25) is 0 Å². The molecule has 0 aromatic rings. The molecule has 0 saturated heterocycles. The van der Waals surface area contributed by atoms with Crippen LogP contribution in [0.5, 0.6) is 0 Å². The van der Waals surface area contributed by atoms with Gasteiger partial charge in [-0.1, -0.05) is 159 Å². The molecule has 0 aliphatic heterocycles. The zero-order valence-electron chi connectivity index (χ0n) is 34.5. The summed E-state index contributed by atoms with van der Waals surface area (Å²) in [6, 6.07) is -1.58. The molecule has 57 heavy (non-hydrogen) atoms. The van der Waals surface area contributed by atoms with Crippen molar-refractivity contribution in [2.45, 2.75) is 179 Å². The zero-order chi connectivity index (χ0) is 42.6. The quantitative estimate of drug-likeness (QED) is 0.0153. The van der Waals surface area contributed by atoms with E-state index in [1.54, 1.807) is 42.5 Å². The van der Waals surface area contributed by atoms with Crippen molar-refractivity contribution in [3.05, 3.63) is 48.6 Å². The van der Waals surface area contributed by atoms with Crippen molar-refractivity contribution in [3.8, 4) is 0 Å². The summed E-state index contributed by atoms with van der Waals surface area (Å²) in [5, 5.41) is 39.3. The molecule has 0 aromatic carbocycles. The van der Waals surface area contributed by atoms with Crippen LogP contribution in [0.15, 0.2) is 48.6 Å². The molecule has 0 bridgehead atoms. The number of aliphatic carboxylic acids is 1. The second-order valence-electron chi connectivity index (χ2n) is 14.3. The first-order valence-electron chi connectivity index (χ1n) is 21.0. The maximum Gasteiger partial charge on any atom is 0.472 e. The summed E-state index contributed by atoms with van der Waals surface area (Å²) in [5.41, 5.74) is 5.30. The fourth-order valence-electron chi connectivity index (χ4n) is 5.45. The van der Waals surface area contributed by atoms with Crippen LogP contribution < -0.4 is 5.73 Å². The predicted molar refractivity (Wildman–Crippen MR) is 221 cm³/mol. The van der Waals surface area contributed by atoms with Gasteiger partial charge in [0, 0.05) is 12.8 Å². The number of ether oxygens (including phenoxy) is 2. The first kappa shape index (κ1) is 54.3. The van der Waals surface area contributed by atoms with Gasteiger partial charge in [0.1, 0.15) is 12.6 Å². The standard InChI is InChI=1S/C42H74NO13P/c1-3-5-7-8-9-10-11-12-13-14-15-20-24-30-40(47)53-32-36(33-54-57(51,52)55-34-37(43)42(49)50)56-41(48)31-25-29-39(46)38(45)28-23-19-17-16-18-22-27-35(44)26-21-6-4-2/h16-19,22-23,27-28,35-39,44-46H,3-15,20-21,24-26,29-34,43H2,1-2H3,(H,49,50)(H,51,52)/b18-16-,19-17+,27-22+,28-23+/t35-,36+,37-,38-,39-/m0/s1. The molecule has 7 N–H and O–H groups in total. The number of carbonyl (C=O) groups excluding carboxylic acids is 2. The number of phosphoric ester groups is 1. The van der Waals surface area contributed by atoms with Crippen molar-refractivity contribution >= 4 is 25.7 Å². The highest BCUT2D eigenvalue weighted by Gasteiger charge is 2.28. The number of esters is 2. The largest absolute Gasteiger partial charge is 0.480 e. The van der Waals surface area contributed by atoms with Crippen molar-refractivity contribution in [2.24, 2.45) is 5.73 Å². The average molecular weight is 832 g/mol. The highest BCUT2D eigenvalue weighted by Crippen LogP contribution is 2.43. The summed E-state index contributed by atoms with van der Waals surface area (Å²) in [4.78, 5) is 45.9. The lowest BCUT2D eigenvalue weighted by Crippen LogP contribution is -2.34. The van der Waals surface area contributed by atoms with Crippen LogP contribution in [0, 0.1) is 0 Å². The number of allylic oxidation sites excluding steroid dienone is 6. The molecule has 0 aromatic heterocycles. The molecule has 14 nitrogen and oxygen atoms in total. The minimum Gasteiger partial charge on any atom is -0.480 e. The normalized spacial score (nSPS) is 15.9. The number of hydrogen-bond donors (Lipinski definition) is 6. The van der Waals surface area contributed by atoms with Crippen LogP contribution in [0.3, 0.4) is 0 Å². The van der Waals surface area contributed by atoms with Crippen molar-refractivity contribution in [1.82, 2.24) is 0 Å². The lowest BCUT2D eigenvalue weighted by molar-refractivity contribution is -0.161. The maximum atomic E-state index is 12.6. The fraction of sp³-hybridized carbons (Fsp3) is 0.738. The van der Waals surface area contributed by atoms with E-state index in [0.717, 1.165) is 44.9 Å².